The standard InChI is InChI=1S/C21H36N4O/c1-4-22-21(23-12-5-6-14-25-15-7-8-16-25)24-13-11-19-10-9-18(2)20(17-19)26-3/h9-10,17H,4-8,11-16H2,1-3H3,(H2,22,23,24). The predicted molar refractivity (Wildman–Crippen MR) is 110 cm³/mol. The quantitative estimate of drug-likeness (QED) is 0.383. The van der Waals surface area contributed by atoms with E-state index in [1.807, 2.05) is 0 Å². The summed E-state index contributed by atoms with van der Waals surface area (Å²) in [5, 5.41) is 6.78. The molecule has 1 aliphatic rings. The second-order valence-electron chi connectivity index (χ2n) is 7.00. The van der Waals surface area contributed by atoms with Crippen LogP contribution in [0, 0.1) is 6.92 Å². The maximum Gasteiger partial charge on any atom is 0.191 e. The normalized spacial score (nSPS) is 15.3. The van der Waals surface area contributed by atoms with Gasteiger partial charge in [-0.3, -0.25) is 4.99 Å². The van der Waals surface area contributed by atoms with Crippen molar-refractivity contribution in [2.24, 2.45) is 4.99 Å². The SMILES string of the molecule is CCNC(=NCCCCN1CCCC1)NCCc1ccc(C)c(OC)c1. The lowest BCUT2D eigenvalue weighted by Crippen LogP contribution is -2.38. The van der Waals surface area contributed by atoms with E-state index in [-0.39, 0.29) is 0 Å². The molecule has 0 saturated carbocycles. The van der Waals surface area contributed by atoms with Gasteiger partial charge in [0.15, 0.2) is 5.96 Å². The zero-order chi connectivity index (χ0) is 18.6. The Morgan fingerprint density at radius 1 is 1.19 bits per heavy atom. The van der Waals surface area contributed by atoms with Crippen LogP contribution < -0.4 is 15.4 Å². The number of aliphatic imine (C=N–C) groups is 1. The second-order valence-corrected chi connectivity index (χ2v) is 7.00. The van der Waals surface area contributed by atoms with E-state index in [9.17, 15) is 0 Å². The van der Waals surface area contributed by atoms with Gasteiger partial charge in [0.05, 0.1) is 7.11 Å². The Hall–Kier alpha value is -1.75. The van der Waals surface area contributed by atoms with Crippen LogP contribution >= 0.6 is 0 Å². The van der Waals surface area contributed by atoms with Gasteiger partial charge < -0.3 is 20.3 Å². The molecule has 5 heteroatoms. The van der Waals surface area contributed by atoms with Crippen molar-refractivity contribution in [3.63, 3.8) is 0 Å². The highest BCUT2D eigenvalue weighted by molar-refractivity contribution is 5.79. The number of methoxy groups -OCH3 is 1. The van der Waals surface area contributed by atoms with Gasteiger partial charge in [-0.25, -0.2) is 0 Å². The highest BCUT2D eigenvalue weighted by atomic mass is 16.5. The molecule has 1 aliphatic heterocycles. The van der Waals surface area contributed by atoms with E-state index < -0.39 is 0 Å². The van der Waals surface area contributed by atoms with Crippen LogP contribution in [0.3, 0.4) is 0 Å². The van der Waals surface area contributed by atoms with Gasteiger partial charge in [-0.15, -0.1) is 0 Å². The first-order valence-corrected chi connectivity index (χ1v) is 10.1. The molecule has 0 spiro atoms. The Morgan fingerprint density at radius 2 is 2.00 bits per heavy atom. The molecule has 0 radical (unpaired) electrons. The zero-order valence-electron chi connectivity index (χ0n) is 16.8. The minimum atomic E-state index is 0.867. The minimum absolute atomic E-state index is 0.867. The summed E-state index contributed by atoms with van der Waals surface area (Å²) in [6.45, 7) is 10.6. The average molecular weight is 361 g/mol. The van der Waals surface area contributed by atoms with E-state index in [0.717, 1.165) is 44.2 Å². The third kappa shape index (κ3) is 7.24. The zero-order valence-corrected chi connectivity index (χ0v) is 16.8. The molecule has 0 atom stereocenters. The molecule has 0 aromatic heterocycles. The lowest BCUT2D eigenvalue weighted by atomic mass is 10.1. The van der Waals surface area contributed by atoms with Gasteiger partial charge in [-0.2, -0.15) is 0 Å². The number of likely N-dealkylation sites (tertiary alicyclic amines) is 1. The molecule has 0 bridgehead atoms. The molecule has 0 aliphatic carbocycles. The van der Waals surface area contributed by atoms with Gasteiger partial charge in [0.2, 0.25) is 0 Å². The van der Waals surface area contributed by atoms with Gasteiger partial charge in [0, 0.05) is 19.6 Å². The highest BCUT2D eigenvalue weighted by Gasteiger charge is 2.09. The topological polar surface area (TPSA) is 48.9 Å². The Labute approximate surface area is 159 Å². The largest absolute Gasteiger partial charge is 0.496 e. The van der Waals surface area contributed by atoms with Crippen LogP contribution in [0.2, 0.25) is 0 Å². The van der Waals surface area contributed by atoms with Crippen LogP contribution in [0.1, 0.15) is 43.7 Å². The van der Waals surface area contributed by atoms with Gasteiger partial charge in [-0.05, 0) is 82.8 Å². The number of ether oxygens (including phenoxy) is 1. The van der Waals surface area contributed by atoms with Crippen LogP contribution in [0.25, 0.3) is 0 Å². The van der Waals surface area contributed by atoms with Gasteiger partial charge in [0.25, 0.3) is 0 Å². The molecular weight excluding hydrogens is 324 g/mol. The fourth-order valence-electron chi connectivity index (χ4n) is 3.33. The Bertz CT molecular complexity index is 553. The van der Waals surface area contributed by atoms with Gasteiger partial charge in [0.1, 0.15) is 5.75 Å². The lowest BCUT2D eigenvalue weighted by Gasteiger charge is -2.14. The molecule has 1 fully saturated rings. The van der Waals surface area contributed by atoms with E-state index in [4.69, 9.17) is 9.73 Å². The molecule has 0 unspecified atom stereocenters. The van der Waals surface area contributed by atoms with Crippen molar-refractivity contribution in [2.75, 3.05) is 46.4 Å². The van der Waals surface area contributed by atoms with Crippen molar-refractivity contribution in [1.29, 1.82) is 0 Å². The van der Waals surface area contributed by atoms with Crippen LogP contribution in [0.15, 0.2) is 23.2 Å². The van der Waals surface area contributed by atoms with Crippen molar-refractivity contribution in [3.05, 3.63) is 29.3 Å². The first-order chi connectivity index (χ1) is 12.7. The monoisotopic (exact) mass is 360 g/mol. The first-order valence-electron chi connectivity index (χ1n) is 10.1. The van der Waals surface area contributed by atoms with Gasteiger partial charge >= 0.3 is 0 Å². The molecular formula is C21H36N4O. The summed E-state index contributed by atoms with van der Waals surface area (Å²) in [6, 6.07) is 6.41. The number of rotatable bonds is 10. The number of hydrogen-bond donors (Lipinski definition) is 2. The van der Waals surface area contributed by atoms with Crippen molar-refractivity contribution in [3.8, 4) is 5.75 Å². The van der Waals surface area contributed by atoms with Crippen molar-refractivity contribution < 1.29 is 4.74 Å². The molecule has 0 amide bonds. The fraction of sp³-hybridized carbons (Fsp3) is 0.667. The number of aryl methyl sites for hydroxylation is 1. The summed E-state index contributed by atoms with van der Waals surface area (Å²) in [7, 11) is 1.73. The van der Waals surface area contributed by atoms with E-state index in [2.05, 4.69) is 47.6 Å². The van der Waals surface area contributed by atoms with Crippen LogP contribution in [-0.2, 0) is 6.42 Å². The minimum Gasteiger partial charge on any atom is -0.496 e. The molecule has 1 heterocycles. The third-order valence-electron chi connectivity index (χ3n) is 4.87. The number of hydrogen-bond acceptors (Lipinski definition) is 3. The summed E-state index contributed by atoms with van der Waals surface area (Å²) in [5.41, 5.74) is 2.45. The van der Waals surface area contributed by atoms with E-state index >= 15 is 0 Å². The molecule has 2 rings (SSSR count). The highest BCUT2D eigenvalue weighted by Crippen LogP contribution is 2.19. The van der Waals surface area contributed by atoms with Crippen molar-refractivity contribution >= 4 is 5.96 Å². The van der Waals surface area contributed by atoms with E-state index in [0.29, 0.717) is 0 Å². The average Bonchev–Trinajstić information content (AvgIpc) is 3.16. The van der Waals surface area contributed by atoms with Crippen LogP contribution in [-0.4, -0.2) is 57.2 Å². The number of guanidine groups is 1. The predicted octanol–water partition coefficient (Wildman–Crippen LogP) is 2.98. The first kappa shape index (κ1) is 20.6. The van der Waals surface area contributed by atoms with E-state index in [1.54, 1.807) is 7.11 Å². The summed E-state index contributed by atoms with van der Waals surface area (Å²) in [5.74, 6) is 1.88. The molecule has 146 valence electrons. The second kappa shape index (κ2) is 11.8. The Morgan fingerprint density at radius 3 is 2.73 bits per heavy atom. The lowest BCUT2D eigenvalue weighted by molar-refractivity contribution is 0.331. The summed E-state index contributed by atoms with van der Waals surface area (Å²) in [6.07, 6.45) is 6.10. The molecule has 1 saturated heterocycles. The molecule has 1 aromatic rings. The number of nitrogens with zero attached hydrogens (tertiary/aromatic N) is 2. The molecule has 5 nitrogen and oxygen atoms in total. The molecule has 1 aromatic carbocycles. The maximum absolute atomic E-state index is 5.40. The smallest absolute Gasteiger partial charge is 0.191 e. The number of nitrogens with one attached hydrogen (secondary N) is 2. The van der Waals surface area contributed by atoms with Crippen molar-refractivity contribution in [1.82, 2.24) is 15.5 Å². The maximum atomic E-state index is 5.40. The summed E-state index contributed by atoms with van der Waals surface area (Å²) < 4.78 is 5.40. The number of benzene rings is 1. The van der Waals surface area contributed by atoms with Crippen LogP contribution in [0.4, 0.5) is 0 Å². The third-order valence-corrected chi connectivity index (χ3v) is 4.87. The Balaban J connectivity index is 1.69. The van der Waals surface area contributed by atoms with Gasteiger partial charge in [-0.1, -0.05) is 12.1 Å². The Kier molecular flexibility index (Phi) is 9.32. The fourth-order valence-corrected chi connectivity index (χ4v) is 3.33. The summed E-state index contributed by atoms with van der Waals surface area (Å²) >= 11 is 0. The van der Waals surface area contributed by atoms with Crippen LogP contribution in [0.5, 0.6) is 5.75 Å². The van der Waals surface area contributed by atoms with E-state index in [1.165, 1.54) is 50.0 Å². The van der Waals surface area contributed by atoms with Crippen molar-refractivity contribution in [2.45, 2.75) is 46.0 Å². The molecule has 26 heavy (non-hydrogen) atoms. The summed E-state index contributed by atoms with van der Waals surface area (Å²) in [4.78, 5) is 7.28. The number of unbranched alkanes of at least 4 members (excludes halogenated alkanes) is 1. The molecule has 2 N–H and O–H groups in total.